The molecule has 1 aromatic heterocycles. The van der Waals surface area contributed by atoms with Crippen molar-refractivity contribution in [1.82, 2.24) is 4.57 Å². The summed E-state index contributed by atoms with van der Waals surface area (Å²) in [6.45, 7) is 8.12. The molecule has 2 atom stereocenters. The third-order valence-corrected chi connectivity index (χ3v) is 4.12. The molecule has 0 N–H and O–H groups in total. The summed E-state index contributed by atoms with van der Waals surface area (Å²) in [4.78, 5) is 0. The molecule has 1 aliphatic carbocycles. The van der Waals surface area contributed by atoms with Crippen molar-refractivity contribution in [2.24, 2.45) is 11.8 Å². The molecule has 0 aliphatic heterocycles. The largest absolute Gasteiger partial charge is 0.349 e. The van der Waals surface area contributed by atoms with Gasteiger partial charge in [0.1, 0.15) is 0 Å². The van der Waals surface area contributed by atoms with Crippen LogP contribution >= 0.6 is 0 Å². The van der Waals surface area contributed by atoms with Gasteiger partial charge < -0.3 is 4.57 Å². The number of rotatable bonds is 2. The Hall–Kier alpha value is -0.720. The molecule has 1 aromatic rings. The van der Waals surface area contributed by atoms with Crippen molar-refractivity contribution in [3.8, 4) is 0 Å². The van der Waals surface area contributed by atoms with Crippen LogP contribution in [0, 0.1) is 25.7 Å². The number of nitrogens with zero attached hydrogens (tertiary/aromatic N) is 1. The Bertz CT molecular complexity index is 305. The third kappa shape index (κ3) is 2.27. The van der Waals surface area contributed by atoms with Crippen LogP contribution in [0.1, 0.15) is 44.0 Å². The SMILES string of the molecule is Cc1ccc(C)n1CC1CCCCC1C. The molecule has 2 unspecified atom stereocenters. The fourth-order valence-electron chi connectivity index (χ4n) is 2.89. The van der Waals surface area contributed by atoms with Crippen LogP contribution in [0.25, 0.3) is 0 Å². The average Bonchev–Trinajstić information content (AvgIpc) is 2.53. The normalized spacial score (nSPS) is 26.9. The molecule has 0 radical (unpaired) electrons. The van der Waals surface area contributed by atoms with Crippen LogP contribution in [0.3, 0.4) is 0 Å². The maximum Gasteiger partial charge on any atom is 0.0255 e. The standard InChI is InChI=1S/C14H23N/c1-11-6-4-5-7-14(11)10-15-12(2)8-9-13(15)3/h8-9,11,14H,4-7,10H2,1-3H3. The van der Waals surface area contributed by atoms with Crippen LogP contribution in [-0.4, -0.2) is 4.57 Å². The number of hydrogen-bond donors (Lipinski definition) is 0. The van der Waals surface area contributed by atoms with Crippen molar-refractivity contribution in [3.05, 3.63) is 23.5 Å². The van der Waals surface area contributed by atoms with E-state index in [4.69, 9.17) is 0 Å². The lowest BCUT2D eigenvalue weighted by Crippen LogP contribution is -2.22. The zero-order valence-electron chi connectivity index (χ0n) is 10.3. The predicted octanol–water partition coefficient (Wildman–Crippen LogP) is 3.93. The summed E-state index contributed by atoms with van der Waals surface area (Å²) in [6.07, 6.45) is 5.75. The minimum absolute atomic E-state index is 0.906. The summed E-state index contributed by atoms with van der Waals surface area (Å²) < 4.78 is 2.49. The average molecular weight is 205 g/mol. The minimum atomic E-state index is 0.906. The first-order chi connectivity index (χ1) is 7.18. The maximum absolute atomic E-state index is 2.49. The van der Waals surface area contributed by atoms with Crippen molar-refractivity contribution in [2.75, 3.05) is 0 Å². The van der Waals surface area contributed by atoms with E-state index in [2.05, 4.69) is 37.5 Å². The summed E-state index contributed by atoms with van der Waals surface area (Å²) >= 11 is 0. The minimum Gasteiger partial charge on any atom is -0.349 e. The Labute approximate surface area is 93.5 Å². The highest BCUT2D eigenvalue weighted by Gasteiger charge is 2.22. The van der Waals surface area contributed by atoms with E-state index in [1.807, 2.05) is 0 Å². The molecule has 15 heavy (non-hydrogen) atoms. The highest BCUT2D eigenvalue weighted by molar-refractivity contribution is 5.13. The Balaban J connectivity index is 2.07. The molecule has 1 fully saturated rings. The van der Waals surface area contributed by atoms with Crippen LogP contribution in [0.15, 0.2) is 12.1 Å². The molecule has 1 heterocycles. The van der Waals surface area contributed by atoms with Gasteiger partial charge in [0.15, 0.2) is 0 Å². The van der Waals surface area contributed by atoms with E-state index in [1.54, 1.807) is 0 Å². The zero-order chi connectivity index (χ0) is 10.8. The lowest BCUT2D eigenvalue weighted by Gasteiger charge is -2.30. The van der Waals surface area contributed by atoms with Gasteiger partial charge in [-0.15, -0.1) is 0 Å². The lowest BCUT2D eigenvalue weighted by molar-refractivity contribution is 0.226. The van der Waals surface area contributed by atoms with Gasteiger partial charge in [-0.2, -0.15) is 0 Å². The van der Waals surface area contributed by atoms with Gasteiger partial charge in [-0.05, 0) is 44.2 Å². The van der Waals surface area contributed by atoms with E-state index < -0.39 is 0 Å². The topological polar surface area (TPSA) is 4.93 Å². The van der Waals surface area contributed by atoms with E-state index in [1.165, 1.54) is 43.6 Å². The van der Waals surface area contributed by atoms with Gasteiger partial charge in [0.2, 0.25) is 0 Å². The van der Waals surface area contributed by atoms with Gasteiger partial charge >= 0.3 is 0 Å². The molecule has 0 aromatic carbocycles. The quantitative estimate of drug-likeness (QED) is 0.689. The Morgan fingerprint density at radius 3 is 2.33 bits per heavy atom. The fraction of sp³-hybridized carbons (Fsp3) is 0.714. The first-order valence-corrected chi connectivity index (χ1v) is 6.31. The van der Waals surface area contributed by atoms with Gasteiger partial charge in [0.05, 0.1) is 0 Å². The maximum atomic E-state index is 2.49. The molecule has 1 nitrogen and oxygen atoms in total. The number of hydrogen-bond acceptors (Lipinski definition) is 0. The summed E-state index contributed by atoms with van der Waals surface area (Å²) in [6, 6.07) is 4.48. The molecular formula is C14H23N. The number of aromatic nitrogens is 1. The lowest BCUT2D eigenvalue weighted by atomic mass is 9.80. The molecule has 84 valence electrons. The summed E-state index contributed by atoms with van der Waals surface area (Å²) in [5.74, 6) is 1.82. The van der Waals surface area contributed by atoms with E-state index in [-0.39, 0.29) is 0 Å². The van der Waals surface area contributed by atoms with E-state index in [0.717, 1.165) is 11.8 Å². The Kier molecular flexibility index (Phi) is 3.18. The van der Waals surface area contributed by atoms with Crippen LogP contribution in [0.5, 0.6) is 0 Å². The van der Waals surface area contributed by atoms with E-state index in [9.17, 15) is 0 Å². The monoisotopic (exact) mass is 205 g/mol. The Morgan fingerprint density at radius 2 is 1.73 bits per heavy atom. The van der Waals surface area contributed by atoms with Crippen molar-refractivity contribution in [3.63, 3.8) is 0 Å². The molecule has 0 spiro atoms. The first-order valence-electron chi connectivity index (χ1n) is 6.31. The highest BCUT2D eigenvalue weighted by Crippen LogP contribution is 2.31. The third-order valence-electron chi connectivity index (χ3n) is 4.12. The van der Waals surface area contributed by atoms with Crippen molar-refractivity contribution in [1.29, 1.82) is 0 Å². The fourth-order valence-corrected chi connectivity index (χ4v) is 2.89. The summed E-state index contributed by atoms with van der Waals surface area (Å²) in [7, 11) is 0. The molecule has 0 amide bonds. The van der Waals surface area contributed by atoms with Crippen LogP contribution in [0.2, 0.25) is 0 Å². The summed E-state index contributed by atoms with van der Waals surface area (Å²) in [5, 5.41) is 0. The van der Waals surface area contributed by atoms with Crippen LogP contribution < -0.4 is 0 Å². The van der Waals surface area contributed by atoms with Gasteiger partial charge in [-0.1, -0.05) is 26.2 Å². The van der Waals surface area contributed by atoms with E-state index in [0.29, 0.717) is 0 Å². The summed E-state index contributed by atoms with van der Waals surface area (Å²) in [5.41, 5.74) is 2.84. The molecule has 1 heteroatoms. The smallest absolute Gasteiger partial charge is 0.0255 e. The first kappa shape index (κ1) is 10.8. The molecule has 1 aliphatic rings. The molecule has 0 saturated heterocycles. The van der Waals surface area contributed by atoms with Gasteiger partial charge in [-0.25, -0.2) is 0 Å². The second kappa shape index (κ2) is 4.42. The molecular weight excluding hydrogens is 182 g/mol. The second-order valence-corrected chi connectivity index (χ2v) is 5.25. The van der Waals surface area contributed by atoms with Gasteiger partial charge in [0.25, 0.3) is 0 Å². The molecule has 0 bridgehead atoms. The van der Waals surface area contributed by atoms with Crippen LogP contribution in [0.4, 0.5) is 0 Å². The highest BCUT2D eigenvalue weighted by atomic mass is 15.0. The number of aryl methyl sites for hydroxylation is 2. The van der Waals surface area contributed by atoms with Crippen molar-refractivity contribution in [2.45, 2.75) is 53.0 Å². The second-order valence-electron chi connectivity index (χ2n) is 5.25. The van der Waals surface area contributed by atoms with Crippen molar-refractivity contribution < 1.29 is 0 Å². The molecule has 1 saturated carbocycles. The van der Waals surface area contributed by atoms with Gasteiger partial charge in [-0.3, -0.25) is 0 Å². The van der Waals surface area contributed by atoms with E-state index >= 15 is 0 Å². The molecule has 2 rings (SSSR count). The zero-order valence-corrected chi connectivity index (χ0v) is 10.3. The predicted molar refractivity (Wildman–Crippen MR) is 65.0 cm³/mol. The van der Waals surface area contributed by atoms with Crippen LogP contribution in [-0.2, 0) is 6.54 Å². The van der Waals surface area contributed by atoms with Crippen molar-refractivity contribution >= 4 is 0 Å². The van der Waals surface area contributed by atoms with Gasteiger partial charge in [0, 0.05) is 17.9 Å². The Morgan fingerprint density at radius 1 is 1.13 bits per heavy atom.